The smallest absolute Gasteiger partial charge is 0.257 e. The highest BCUT2D eigenvalue weighted by molar-refractivity contribution is 7.89. The van der Waals surface area contributed by atoms with E-state index in [2.05, 4.69) is 14.9 Å². The lowest BCUT2D eigenvalue weighted by atomic mass is 10.1. The molecular formula is C11H14N4O2S. The molecule has 1 heterocycles. The van der Waals surface area contributed by atoms with Crippen LogP contribution in [-0.4, -0.2) is 18.6 Å². The lowest BCUT2D eigenvalue weighted by Gasteiger charge is -2.05. The number of aromatic amines is 1. The van der Waals surface area contributed by atoms with Gasteiger partial charge in [-0.15, -0.1) is 0 Å². The van der Waals surface area contributed by atoms with Crippen LogP contribution < -0.4 is 10.5 Å². The summed E-state index contributed by atoms with van der Waals surface area (Å²) >= 11 is 0. The number of sulfonamides is 1. The summed E-state index contributed by atoms with van der Waals surface area (Å²) in [5, 5.41) is 6.08. The van der Waals surface area contributed by atoms with Gasteiger partial charge in [0.15, 0.2) is 5.03 Å². The normalized spacial score (nSPS) is 11.6. The number of nitrogens with two attached hydrogens (primary N) is 1. The monoisotopic (exact) mass is 266 g/mol. The first-order valence-electron chi connectivity index (χ1n) is 5.39. The molecule has 0 saturated carbocycles. The van der Waals surface area contributed by atoms with Crippen molar-refractivity contribution in [3.8, 4) is 0 Å². The lowest BCUT2D eigenvalue weighted by molar-refractivity contribution is 0.577. The van der Waals surface area contributed by atoms with Crippen molar-refractivity contribution in [3.63, 3.8) is 0 Å². The van der Waals surface area contributed by atoms with Crippen molar-refractivity contribution in [1.29, 1.82) is 0 Å². The molecule has 0 aliphatic heterocycles. The first-order chi connectivity index (χ1) is 8.62. The van der Waals surface area contributed by atoms with Gasteiger partial charge in [-0.2, -0.15) is 5.10 Å². The van der Waals surface area contributed by atoms with E-state index in [1.165, 1.54) is 12.3 Å². The molecule has 7 heteroatoms. The van der Waals surface area contributed by atoms with Crippen LogP contribution in [0.25, 0.3) is 0 Å². The van der Waals surface area contributed by atoms with E-state index in [1.807, 2.05) is 24.3 Å². The maximum absolute atomic E-state index is 11.8. The zero-order valence-corrected chi connectivity index (χ0v) is 10.4. The second kappa shape index (κ2) is 5.30. The van der Waals surface area contributed by atoms with Crippen LogP contribution in [0.4, 0.5) is 0 Å². The van der Waals surface area contributed by atoms with E-state index in [9.17, 15) is 8.42 Å². The van der Waals surface area contributed by atoms with E-state index in [0.717, 1.165) is 11.1 Å². The topological polar surface area (TPSA) is 101 Å². The number of nitrogens with one attached hydrogen (secondary N) is 2. The van der Waals surface area contributed by atoms with E-state index >= 15 is 0 Å². The quantitative estimate of drug-likeness (QED) is 0.726. The number of hydrogen-bond donors (Lipinski definition) is 3. The second-order valence-electron chi connectivity index (χ2n) is 3.77. The average Bonchev–Trinajstić information content (AvgIpc) is 2.92. The van der Waals surface area contributed by atoms with Crippen LogP contribution in [0.3, 0.4) is 0 Å². The fourth-order valence-electron chi connectivity index (χ4n) is 1.44. The summed E-state index contributed by atoms with van der Waals surface area (Å²) in [4.78, 5) is 0. The highest BCUT2D eigenvalue weighted by Crippen LogP contribution is 2.06. The summed E-state index contributed by atoms with van der Waals surface area (Å²) in [6.07, 6.45) is 1.39. The molecule has 0 unspecified atom stereocenters. The molecule has 2 aromatic rings. The van der Waals surface area contributed by atoms with Gasteiger partial charge in [0.2, 0.25) is 0 Å². The van der Waals surface area contributed by atoms with Gasteiger partial charge in [-0.1, -0.05) is 24.3 Å². The minimum atomic E-state index is -3.52. The third kappa shape index (κ3) is 2.95. The maximum atomic E-state index is 11.8. The Labute approximate surface area is 105 Å². The molecule has 0 atom stereocenters. The third-order valence-electron chi connectivity index (χ3n) is 2.49. The van der Waals surface area contributed by atoms with Crippen molar-refractivity contribution in [3.05, 3.63) is 47.7 Å². The number of aromatic nitrogens is 2. The first-order valence-corrected chi connectivity index (χ1v) is 6.87. The number of benzene rings is 1. The number of hydrogen-bond acceptors (Lipinski definition) is 4. The molecule has 96 valence electrons. The van der Waals surface area contributed by atoms with Gasteiger partial charge in [0.25, 0.3) is 10.0 Å². The van der Waals surface area contributed by atoms with Crippen molar-refractivity contribution in [2.45, 2.75) is 18.1 Å². The Bertz CT molecular complexity index is 590. The Kier molecular flexibility index (Phi) is 3.75. The maximum Gasteiger partial charge on any atom is 0.257 e. The third-order valence-corrected chi connectivity index (χ3v) is 3.82. The summed E-state index contributed by atoms with van der Waals surface area (Å²) in [6.45, 7) is 0.701. The van der Waals surface area contributed by atoms with Gasteiger partial charge in [-0.3, -0.25) is 5.10 Å². The number of H-pyrrole nitrogens is 1. The summed E-state index contributed by atoms with van der Waals surface area (Å²) in [7, 11) is -3.52. The van der Waals surface area contributed by atoms with Gasteiger partial charge in [-0.25, -0.2) is 13.1 Å². The molecule has 4 N–H and O–H groups in total. The fraction of sp³-hybridized carbons (Fsp3) is 0.182. The van der Waals surface area contributed by atoms with Crippen LogP contribution in [0.15, 0.2) is 41.6 Å². The van der Waals surface area contributed by atoms with Gasteiger partial charge >= 0.3 is 0 Å². The molecule has 0 aliphatic rings. The Morgan fingerprint density at radius 1 is 1.17 bits per heavy atom. The Morgan fingerprint density at radius 3 is 2.39 bits per heavy atom. The van der Waals surface area contributed by atoms with Gasteiger partial charge in [0.05, 0.1) is 6.20 Å². The van der Waals surface area contributed by atoms with Crippen molar-refractivity contribution in [2.75, 3.05) is 0 Å². The molecular weight excluding hydrogens is 252 g/mol. The Hall–Kier alpha value is -1.70. The van der Waals surface area contributed by atoms with Crippen LogP contribution >= 0.6 is 0 Å². The molecule has 0 aliphatic carbocycles. The van der Waals surface area contributed by atoms with Gasteiger partial charge in [0, 0.05) is 13.1 Å². The molecule has 0 amide bonds. The fourth-order valence-corrected chi connectivity index (χ4v) is 2.37. The van der Waals surface area contributed by atoms with E-state index in [0.29, 0.717) is 6.54 Å². The van der Waals surface area contributed by atoms with Crippen LogP contribution in [0.2, 0.25) is 0 Å². The highest BCUT2D eigenvalue weighted by Gasteiger charge is 2.14. The standard InChI is InChI=1S/C11H14N4O2S/c12-7-9-1-3-10(4-2-9)8-14-18(16,17)11-5-6-13-15-11/h1-6,14H,7-8,12H2,(H,13,15). The number of nitrogens with zero attached hydrogens (tertiary/aromatic N) is 1. The zero-order valence-electron chi connectivity index (χ0n) is 9.63. The predicted molar refractivity (Wildman–Crippen MR) is 66.9 cm³/mol. The van der Waals surface area contributed by atoms with Gasteiger partial charge < -0.3 is 5.73 Å². The first kappa shape index (κ1) is 12.7. The zero-order chi connectivity index (χ0) is 13.0. The summed E-state index contributed by atoms with van der Waals surface area (Å²) in [6, 6.07) is 8.84. The van der Waals surface area contributed by atoms with Crippen LogP contribution in [0.5, 0.6) is 0 Å². The van der Waals surface area contributed by atoms with E-state index < -0.39 is 10.0 Å². The highest BCUT2D eigenvalue weighted by atomic mass is 32.2. The van der Waals surface area contributed by atoms with E-state index in [4.69, 9.17) is 5.73 Å². The summed E-state index contributed by atoms with van der Waals surface area (Å²) in [5.74, 6) is 0. The molecule has 0 fully saturated rings. The molecule has 2 rings (SSSR count). The lowest BCUT2D eigenvalue weighted by Crippen LogP contribution is -2.23. The number of rotatable bonds is 5. The predicted octanol–water partition coefficient (Wildman–Crippen LogP) is 0.347. The molecule has 0 saturated heterocycles. The van der Waals surface area contributed by atoms with E-state index in [1.54, 1.807) is 0 Å². The molecule has 6 nitrogen and oxygen atoms in total. The molecule has 0 spiro atoms. The Morgan fingerprint density at radius 2 is 1.83 bits per heavy atom. The molecule has 0 bridgehead atoms. The van der Waals surface area contributed by atoms with E-state index in [-0.39, 0.29) is 11.6 Å². The molecule has 1 aromatic heterocycles. The van der Waals surface area contributed by atoms with Crippen LogP contribution in [0, 0.1) is 0 Å². The van der Waals surface area contributed by atoms with Crippen LogP contribution in [-0.2, 0) is 23.1 Å². The molecule has 0 radical (unpaired) electrons. The summed E-state index contributed by atoms with van der Waals surface area (Å²) in [5.41, 5.74) is 7.36. The van der Waals surface area contributed by atoms with Crippen LogP contribution in [0.1, 0.15) is 11.1 Å². The molecule has 18 heavy (non-hydrogen) atoms. The van der Waals surface area contributed by atoms with Crippen molar-refractivity contribution < 1.29 is 8.42 Å². The average molecular weight is 266 g/mol. The van der Waals surface area contributed by atoms with Gasteiger partial charge in [-0.05, 0) is 17.2 Å². The van der Waals surface area contributed by atoms with Crippen molar-refractivity contribution in [2.24, 2.45) is 5.73 Å². The second-order valence-corrected chi connectivity index (χ2v) is 5.50. The Balaban J connectivity index is 2.03. The molecule has 1 aromatic carbocycles. The van der Waals surface area contributed by atoms with Crippen molar-refractivity contribution >= 4 is 10.0 Å². The largest absolute Gasteiger partial charge is 0.326 e. The summed E-state index contributed by atoms with van der Waals surface area (Å²) < 4.78 is 26.1. The SMILES string of the molecule is NCc1ccc(CNS(=O)(=O)c2ccn[nH]2)cc1. The van der Waals surface area contributed by atoms with Crippen molar-refractivity contribution in [1.82, 2.24) is 14.9 Å². The minimum Gasteiger partial charge on any atom is -0.326 e. The minimum absolute atomic E-state index is 0.0566. The van der Waals surface area contributed by atoms with Gasteiger partial charge in [0.1, 0.15) is 0 Å².